The minimum absolute atomic E-state index is 0.701. The third kappa shape index (κ3) is 5.70. The van der Waals surface area contributed by atoms with Crippen LogP contribution in [0.1, 0.15) is 5.56 Å². The summed E-state index contributed by atoms with van der Waals surface area (Å²) in [5.74, 6) is 0.782. The van der Waals surface area contributed by atoms with E-state index in [4.69, 9.17) is 4.74 Å². The largest absolute Gasteiger partial charge is 0.383 e. The summed E-state index contributed by atoms with van der Waals surface area (Å²) in [6.45, 7) is 3.06. The molecule has 2 rings (SSSR count). The van der Waals surface area contributed by atoms with Gasteiger partial charge in [-0.15, -0.1) is 5.10 Å². The van der Waals surface area contributed by atoms with Crippen LogP contribution in [0, 0.1) is 0 Å². The number of nitrogens with zero attached hydrogens (tertiary/aromatic N) is 5. The van der Waals surface area contributed by atoms with Crippen LogP contribution in [0.15, 0.2) is 28.1 Å². The first-order valence-electron chi connectivity index (χ1n) is 6.47. The van der Waals surface area contributed by atoms with Crippen LogP contribution in [-0.4, -0.2) is 52.0 Å². The number of thioether (sulfide) groups is 1. The van der Waals surface area contributed by atoms with Crippen molar-refractivity contribution in [2.45, 2.75) is 17.5 Å². The Balaban J connectivity index is 1.80. The number of hydrogen-bond donors (Lipinski definition) is 1. The molecule has 2 aromatic heterocycles. The van der Waals surface area contributed by atoms with E-state index in [2.05, 4.69) is 41.8 Å². The first-order valence-corrected chi connectivity index (χ1v) is 8.25. The zero-order valence-corrected chi connectivity index (χ0v) is 14.1. The van der Waals surface area contributed by atoms with Gasteiger partial charge in [0.15, 0.2) is 0 Å². The zero-order chi connectivity index (χ0) is 14.9. The molecule has 0 spiro atoms. The average molecular weight is 373 g/mol. The monoisotopic (exact) mass is 372 g/mol. The van der Waals surface area contributed by atoms with E-state index < -0.39 is 0 Å². The fourth-order valence-electron chi connectivity index (χ4n) is 1.61. The molecule has 7 nitrogen and oxygen atoms in total. The third-order valence-corrected chi connectivity index (χ3v) is 4.07. The highest BCUT2D eigenvalue weighted by molar-refractivity contribution is 9.10. The summed E-state index contributed by atoms with van der Waals surface area (Å²) < 4.78 is 7.75. The van der Waals surface area contributed by atoms with Gasteiger partial charge in [0.05, 0.1) is 13.2 Å². The Bertz CT molecular complexity index is 552. The zero-order valence-electron chi connectivity index (χ0n) is 11.7. The standard InChI is InChI=1S/C12H17BrN6OS/c1-20-5-3-14-2-4-19-12(16-17-18-19)21-9-10-6-11(13)8-15-7-10/h6-8,14H,2-5,9H2,1H3. The Hall–Kier alpha value is -1.03. The molecule has 0 saturated carbocycles. The molecule has 0 unspecified atom stereocenters. The van der Waals surface area contributed by atoms with E-state index in [1.54, 1.807) is 29.8 Å². The molecule has 0 saturated heterocycles. The minimum atomic E-state index is 0.701. The molecule has 0 bridgehead atoms. The third-order valence-electron chi connectivity index (χ3n) is 2.61. The maximum atomic E-state index is 4.98. The lowest BCUT2D eigenvalue weighted by atomic mass is 10.3. The van der Waals surface area contributed by atoms with Gasteiger partial charge in [0.25, 0.3) is 0 Å². The lowest BCUT2D eigenvalue weighted by Gasteiger charge is -2.06. The van der Waals surface area contributed by atoms with E-state index in [1.165, 1.54) is 0 Å². The van der Waals surface area contributed by atoms with Gasteiger partial charge in [-0.2, -0.15) is 0 Å². The van der Waals surface area contributed by atoms with E-state index in [0.29, 0.717) is 6.61 Å². The number of nitrogens with one attached hydrogen (secondary N) is 1. The van der Waals surface area contributed by atoms with Crippen molar-refractivity contribution in [1.82, 2.24) is 30.5 Å². The Morgan fingerprint density at radius 1 is 1.38 bits per heavy atom. The van der Waals surface area contributed by atoms with Gasteiger partial charge in [-0.05, 0) is 38.0 Å². The van der Waals surface area contributed by atoms with Crippen molar-refractivity contribution in [2.24, 2.45) is 0 Å². The van der Waals surface area contributed by atoms with Gasteiger partial charge in [-0.3, -0.25) is 4.98 Å². The van der Waals surface area contributed by atoms with Crippen LogP contribution in [0.2, 0.25) is 0 Å². The summed E-state index contributed by atoms with van der Waals surface area (Å²) in [6, 6.07) is 2.04. The molecular formula is C12H17BrN6OS. The highest BCUT2D eigenvalue weighted by atomic mass is 79.9. The summed E-state index contributed by atoms with van der Waals surface area (Å²) in [6.07, 6.45) is 3.61. The van der Waals surface area contributed by atoms with Gasteiger partial charge in [0.1, 0.15) is 0 Å². The van der Waals surface area contributed by atoms with Gasteiger partial charge >= 0.3 is 0 Å². The number of pyridine rings is 1. The van der Waals surface area contributed by atoms with Crippen LogP contribution in [0.3, 0.4) is 0 Å². The molecule has 0 aliphatic carbocycles. The first-order chi connectivity index (χ1) is 10.3. The van der Waals surface area contributed by atoms with Crippen molar-refractivity contribution < 1.29 is 4.74 Å². The van der Waals surface area contributed by atoms with Gasteiger partial charge in [-0.1, -0.05) is 11.8 Å². The van der Waals surface area contributed by atoms with Gasteiger partial charge in [0, 0.05) is 42.8 Å². The van der Waals surface area contributed by atoms with Gasteiger partial charge < -0.3 is 10.1 Å². The minimum Gasteiger partial charge on any atom is -0.383 e. The van der Waals surface area contributed by atoms with Crippen LogP contribution in [0.5, 0.6) is 0 Å². The van der Waals surface area contributed by atoms with Gasteiger partial charge in [-0.25, -0.2) is 4.68 Å². The maximum Gasteiger partial charge on any atom is 0.209 e. The lowest BCUT2D eigenvalue weighted by molar-refractivity contribution is 0.199. The Morgan fingerprint density at radius 3 is 3.10 bits per heavy atom. The molecule has 0 aromatic carbocycles. The normalized spacial score (nSPS) is 11.0. The Morgan fingerprint density at radius 2 is 2.29 bits per heavy atom. The van der Waals surface area contributed by atoms with Crippen LogP contribution in [0.4, 0.5) is 0 Å². The SMILES string of the molecule is COCCNCCn1nnnc1SCc1cncc(Br)c1. The number of aromatic nitrogens is 5. The molecule has 2 aromatic rings. The molecule has 114 valence electrons. The number of rotatable bonds is 9. The second-order valence-corrected chi connectivity index (χ2v) is 6.09. The quantitative estimate of drug-likeness (QED) is 0.525. The Kier molecular flexibility index (Phi) is 7.07. The lowest BCUT2D eigenvalue weighted by Crippen LogP contribution is -2.24. The molecule has 21 heavy (non-hydrogen) atoms. The smallest absolute Gasteiger partial charge is 0.209 e. The average Bonchev–Trinajstić information content (AvgIpc) is 2.92. The van der Waals surface area contributed by atoms with Crippen molar-refractivity contribution >= 4 is 27.7 Å². The highest BCUT2D eigenvalue weighted by Crippen LogP contribution is 2.21. The van der Waals surface area contributed by atoms with E-state index >= 15 is 0 Å². The van der Waals surface area contributed by atoms with E-state index in [-0.39, 0.29) is 0 Å². The summed E-state index contributed by atoms with van der Waals surface area (Å²) in [7, 11) is 1.69. The maximum absolute atomic E-state index is 4.98. The molecule has 0 radical (unpaired) electrons. The predicted octanol–water partition coefficient (Wildman–Crippen LogP) is 1.36. The van der Waals surface area contributed by atoms with Crippen molar-refractivity contribution in [2.75, 3.05) is 26.8 Å². The van der Waals surface area contributed by atoms with Crippen LogP contribution in [-0.2, 0) is 17.0 Å². The van der Waals surface area contributed by atoms with Crippen LogP contribution < -0.4 is 5.32 Å². The topological polar surface area (TPSA) is 77.8 Å². The van der Waals surface area contributed by atoms with Crippen molar-refractivity contribution in [3.05, 3.63) is 28.5 Å². The van der Waals surface area contributed by atoms with Crippen molar-refractivity contribution in [3.8, 4) is 0 Å². The molecule has 0 aliphatic heterocycles. The summed E-state index contributed by atoms with van der Waals surface area (Å²) in [4.78, 5) is 4.14. The Labute approximate surface area is 136 Å². The van der Waals surface area contributed by atoms with E-state index in [9.17, 15) is 0 Å². The fourth-order valence-corrected chi connectivity index (χ4v) is 2.84. The van der Waals surface area contributed by atoms with Gasteiger partial charge in [0.2, 0.25) is 5.16 Å². The van der Waals surface area contributed by atoms with Crippen LogP contribution >= 0.6 is 27.7 Å². The molecule has 0 amide bonds. The van der Waals surface area contributed by atoms with Crippen molar-refractivity contribution in [3.63, 3.8) is 0 Å². The second kappa shape index (κ2) is 9.08. The molecular weight excluding hydrogens is 356 g/mol. The molecule has 0 fully saturated rings. The number of ether oxygens (including phenoxy) is 1. The fraction of sp³-hybridized carbons (Fsp3) is 0.500. The predicted molar refractivity (Wildman–Crippen MR) is 84.1 cm³/mol. The summed E-state index contributed by atoms with van der Waals surface area (Å²) in [5, 5.41) is 15.9. The molecule has 0 atom stereocenters. The van der Waals surface area contributed by atoms with Crippen LogP contribution in [0.25, 0.3) is 0 Å². The number of halogens is 1. The molecule has 2 heterocycles. The molecule has 9 heteroatoms. The highest BCUT2D eigenvalue weighted by Gasteiger charge is 2.07. The first kappa shape index (κ1) is 16.3. The summed E-state index contributed by atoms with van der Waals surface area (Å²) >= 11 is 5.01. The number of tetrazole rings is 1. The number of methoxy groups -OCH3 is 1. The van der Waals surface area contributed by atoms with E-state index in [0.717, 1.165) is 40.6 Å². The summed E-state index contributed by atoms with van der Waals surface area (Å²) in [5.41, 5.74) is 1.13. The molecule has 1 N–H and O–H groups in total. The molecule has 0 aliphatic rings. The number of hydrogen-bond acceptors (Lipinski definition) is 7. The van der Waals surface area contributed by atoms with Crippen molar-refractivity contribution in [1.29, 1.82) is 0 Å². The van der Waals surface area contributed by atoms with E-state index in [1.807, 2.05) is 12.3 Å². The second-order valence-electron chi connectivity index (χ2n) is 4.23.